The van der Waals surface area contributed by atoms with Crippen molar-refractivity contribution in [2.24, 2.45) is 5.73 Å². The van der Waals surface area contributed by atoms with Gasteiger partial charge in [-0.2, -0.15) is 5.10 Å². The fourth-order valence-electron chi connectivity index (χ4n) is 1.49. The Labute approximate surface area is 111 Å². The van der Waals surface area contributed by atoms with E-state index in [1.54, 1.807) is 11.9 Å². The summed E-state index contributed by atoms with van der Waals surface area (Å²) in [5, 5.41) is 8.07. The SMILES string of the molecule is COC(=O)CN(C)c1nnc(C)c(C)c1C(N)=S. The maximum absolute atomic E-state index is 11.3. The van der Waals surface area contributed by atoms with Crippen LogP contribution in [-0.4, -0.2) is 41.9 Å². The van der Waals surface area contributed by atoms with Gasteiger partial charge in [0.05, 0.1) is 18.4 Å². The van der Waals surface area contributed by atoms with Crippen LogP contribution in [0.1, 0.15) is 16.8 Å². The van der Waals surface area contributed by atoms with E-state index in [-0.39, 0.29) is 17.5 Å². The summed E-state index contributed by atoms with van der Waals surface area (Å²) < 4.78 is 4.60. The van der Waals surface area contributed by atoms with Crippen LogP contribution in [0.3, 0.4) is 0 Å². The molecule has 0 bridgehead atoms. The molecule has 0 radical (unpaired) electrons. The van der Waals surface area contributed by atoms with E-state index in [2.05, 4.69) is 14.9 Å². The average Bonchev–Trinajstić information content (AvgIpc) is 2.31. The molecule has 1 rings (SSSR count). The fourth-order valence-corrected chi connectivity index (χ4v) is 1.74. The van der Waals surface area contributed by atoms with Crippen molar-refractivity contribution >= 4 is 29.0 Å². The number of carbonyl (C=O) groups is 1. The number of methoxy groups -OCH3 is 1. The van der Waals surface area contributed by atoms with Crippen molar-refractivity contribution in [2.45, 2.75) is 13.8 Å². The molecule has 0 aliphatic carbocycles. The van der Waals surface area contributed by atoms with Gasteiger partial charge in [0.2, 0.25) is 0 Å². The lowest BCUT2D eigenvalue weighted by molar-refractivity contribution is -0.138. The summed E-state index contributed by atoms with van der Waals surface area (Å²) in [5.41, 5.74) is 7.97. The van der Waals surface area contributed by atoms with E-state index in [1.807, 2.05) is 13.8 Å². The number of hydrogen-bond acceptors (Lipinski definition) is 6. The standard InChI is InChI=1S/C11H16N4O2S/c1-6-7(2)13-14-11(9(6)10(12)18)15(3)5-8(16)17-4/h5H2,1-4H3,(H2,12,18). The van der Waals surface area contributed by atoms with Gasteiger partial charge in [0.15, 0.2) is 5.82 Å². The number of hydrogen-bond donors (Lipinski definition) is 1. The van der Waals surface area contributed by atoms with Gasteiger partial charge < -0.3 is 15.4 Å². The second-order valence-corrected chi connectivity index (χ2v) is 4.35. The number of rotatable bonds is 4. The van der Waals surface area contributed by atoms with Crippen molar-refractivity contribution in [2.75, 3.05) is 25.6 Å². The Hall–Kier alpha value is -1.76. The Bertz CT molecular complexity index is 490. The van der Waals surface area contributed by atoms with Gasteiger partial charge in [-0.3, -0.25) is 4.79 Å². The number of carbonyl (C=O) groups excluding carboxylic acids is 1. The summed E-state index contributed by atoms with van der Waals surface area (Å²) in [7, 11) is 3.04. The topological polar surface area (TPSA) is 81.3 Å². The Morgan fingerprint density at radius 1 is 1.44 bits per heavy atom. The first kappa shape index (κ1) is 14.3. The zero-order valence-corrected chi connectivity index (χ0v) is 11.7. The van der Waals surface area contributed by atoms with Crippen molar-refractivity contribution in [3.8, 4) is 0 Å². The third-order valence-electron chi connectivity index (χ3n) is 2.64. The minimum atomic E-state index is -0.369. The van der Waals surface area contributed by atoms with Gasteiger partial charge in [0.1, 0.15) is 11.5 Å². The molecule has 0 aromatic carbocycles. The summed E-state index contributed by atoms with van der Waals surface area (Å²) in [6.07, 6.45) is 0. The minimum absolute atomic E-state index is 0.0588. The lowest BCUT2D eigenvalue weighted by Gasteiger charge is -2.20. The number of esters is 1. The van der Waals surface area contributed by atoms with Crippen LogP contribution < -0.4 is 10.6 Å². The van der Waals surface area contributed by atoms with Crippen molar-refractivity contribution in [1.82, 2.24) is 10.2 Å². The van der Waals surface area contributed by atoms with Crippen LogP contribution in [0.2, 0.25) is 0 Å². The van der Waals surface area contributed by atoms with E-state index in [4.69, 9.17) is 18.0 Å². The molecule has 0 aliphatic heterocycles. The van der Waals surface area contributed by atoms with E-state index in [0.29, 0.717) is 11.4 Å². The number of nitrogens with zero attached hydrogens (tertiary/aromatic N) is 3. The van der Waals surface area contributed by atoms with Gasteiger partial charge in [-0.25, -0.2) is 0 Å². The highest BCUT2D eigenvalue weighted by atomic mass is 32.1. The van der Waals surface area contributed by atoms with Crippen molar-refractivity contribution in [3.05, 3.63) is 16.8 Å². The van der Waals surface area contributed by atoms with Gasteiger partial charge in [0.25, 0.3) is 0 Å². The van der Waals surface area contributed by atoms with Crippen LogP contribution in [0.15, 0.2) is 0 Å². The second-order valence-electron chi connectivity index (χ2n) is 3.91. The fraction of sp³-hybridized carbons (Fsp3) is 0.455. The molecule has 0 aliphatic rings. The molecule has 1 heterocycles. The first-order chi connectivity index (χ1) is 8.38. The molecule has 18 heavy (non-hydrogen) atoms. The monoisotopic (exact) mass is 268 g/mol. The molecule has 1 aromatic rings. The lowest BCUT2D eigenvalue weighted by Crippen LogP contribution is -2.30. The van der Waals surface area contributed by atoms with Crippen LogP contribution in [0.25, 0.3) is 0 Å². The summed E-state index contributed by atoms with van der Waals surface area (Å²) in [6, 6.07) is 0. The van der Waals surface area contributed by atoms with E-state index in [1.165, 1.54) is 7.11 Å². The largest absolute Gasteiger partial charge is 0.468 e. The van der Waals surface area contributed by atoms with Gasteiger partial charge in [-0.1, -0.05) is 12.2 Å². The van der Waals surface area contributed by atoms with Gasteiger partial charge in [-0.15, -0.1) is 5.10 Å². The van der Waals surface area contributed by atoms with Crippen LogP contribution in [0.5, 0.6) is 0 Å². The number of thiocarbonyl (C=S) groups is 1. The number of likely N-dealkylation sites (N-methyl/N-ethyl adjacent to an activating group) is 1. The quantitative estimate of drug-likeness (QED) is 0.622. The highest BCUT2D eigenvalue weighted by Gasteiger charge is 2.18. The third-order valence-corrected chi connectivity index (χ3v) is 2.84. The molecule has 7 heteroatoms. The third kappa shape index (κ3) is 2.92. The molecule has 2 N–H and O–H groups in total. The van der Waals surface area contributed by atoms with Crippen molar-refractivity contribution in [3.63, 3.8) is 0 Å². The summed E-state index contributed by atoms with van der Waals surface area (Å²) >= 11 is 5.03. The summed E-state index contributed by atoms with van der Waals surface area (Å²) in [4.78, 5) is 13.1. The average molecular weight is 268 g/mol. The first-order valence-corrected chi connectivity index (χ1v) is 5.71. The molecule has 0 saturated carbocycles. The summed E-state index contributed by atoms with van der Waals surface area (Å²) in [5.74, 6) is 0.113. The van der Waals surface area contributed by atoms with Crippen molar-refractivity contribution in [1.29, 1.82) is 0 Å². The van der Waals surface area contributed by atoms with Crippen LogP contribution in [0.4, 0.5) is 5.82 Å². The summed E-state index contributed by atoms with van der Waals surface area (Å²) in [6.45, 7) is 3.76. The van der Waals surface area contributed by atoms with Crippen LogP contribution >= 0.6 is 12.2 Å². The first-order valence-electron chi connectivity index (χ1n) is 5.30. The highest BCUT2D eigenvalue weighted by Crippen LogP contribution is 2.21. The molecule has 0 amide bonds. The number of anilines is 1. The normalized spacial score (nSPS) is 10.0. The minimum Gasteiger partial charge on any atom is -0.468 e. The molecule has 6 nitrogen and oxygen atoms in total. The zero-order chi connectivity index (χ0) is 13.9. The number of ether oxygens (including phenoxy) is 1. The molecular weight excluding hydrogens is 252 g/mol. The Morgan fingerprint density at radius 3 is 2.56 bits per heavy atom. The molecule has 1 aromatic heterocycles. The van der Waals surface area contributed by atoms with E-state index in [0.717, 1.165) is 11.3 Å². The predicted octanol–water partition coefficient (Wildman–Crippen LogP) is 0.337. The molecular formula is C11H16N4O2S. The smallest absolute Gasteiger partial charge is 0.325 e. The molecule has 0 spiro atoms. The molecule has 0 atom stereocenters. The maximum atomic E-state index is 11.3. The molecule has 98 valence electrons. The van der Waals surface area contributed by atoms with Crippen molar-refractivity contribution < 1.29 is 9.53 Å². The van der Waals surface area contributed by atoms with Gasteiger partial charge >= 0.3 is 5.97 Å². The molecule has 0 fully saturated rings. The Morgan fingerprint density at radius 2 is 2.06 bits per heavy atom. The lowest BCUT2D eigenvalue weighted by atomic mass is 10.1. The Balaban J connectivity index is 3.20. The van der Waals surface area contributed by atoms with Crippen LogP contribution in [0, 0.1) is 13.8 Å². The molecule has 0 saturated heterocycles. The number of aromatic nitrogens is 2. The number of aryl methyl sites for hydroxylation is 1. The molecule has 0 unspecified atom stereocenters. The zero-order valence-electron chi connectivity index (χ0n) is 10.9. The number of nitrogens with two attached hydrogens (primary N) is 1. The van der Waals surface area contributed by atoms with E-state index < -0.39 is 0 Å². The second kappa shape index (κ2) is 5.72. The van der Waals surface area contributed by atoms with Gasteiger partial charge in [0, 0.05) is 7.05 Å². The Kier molecular flexibility index (Phi) is 4.55. The maximum Gasteiger partial charge on any atom is 0.325 e. The highest BCUT2D eigenvalue weighted by molar-refractivity contribution is 7.80. The van der Waals surface area contributed by atoms with E-state index >= 15 is 0 Å². The predicted molar refractivity (Wildman–Crippen MR) is 72.7 cm³/mol. The van der Waals surface area contributed by atoms with Gasteiger partial charge in [-0.05, 0) is 19.4 Å². The van der Waals surface area contributed by atoms with E-state index in [9.17, 15) is 4.79 Å². The van der Waals surface area contributed by atoms with Crippen LogP contribution in [-0.2, 0) is 9.53 Å².